The highest BCUT2D eigenvalue weighted by Crippen LogP contribution is 2.19. The molecule has 2 atom stereocenters. The summed E-state index contributed by atoms with van der Waals surface area (Å²) >= 11 is 5.40. The molecule has 0 aliphatic heterocycles. The first-order valence-corrected chi connectivity index (χ1v) is 5.97. The molecule has 1 fully saturated rings. The fourth-order valence-corrected chi connectivity index (χ4v) is 1.98. The minimum absolute atomic E-state index is 0.0181. The number of hydrogen-bond donors (Lipinski definition) is 3. The van der Waals surface area contributed by atoms with Crippen molar-refractivity contribution < 1.29 is 15.0 Å². The van der Waals surface area contributed by atoms with Crippen molar-refractivity contribution in [1.82, 2.24) is 10.3 Å². The number of carbonyl (C=O) groups is 1. The van der Waals surface area contributed by atoms with Crippen LogP contribution in [0, 0.1) is 4.91 Å². The summed E-state index contributed by atoms with van der Waals surface area (Å²) in [7, 11) is 0. The lowest BCUT2D eigenvalue weighted by molar-refractivity contribution is 0.00422. The maximum atomic E-state index is 11.6. The molecule has 8 heteroatoms. The molecule has 1 aliphatic carbocycles. The van der Waals surface area contributed by atoms with E-state index in [1.54, 1.807) is 0 Å². The fraction of sp³-hybridized carbons (Fsp3) is 0.889. The molecular weight excluding hydrogens is 250 g/mol. The molecule has 0 aromatic carbocycles. The van der Waals surface area contributed by atoms with Crippen molar-refractivity contribution in [2.75, 3.05) is 12.4 Å². The third-order valence-corrected chi connectivity index (χ3v) is 2.92. The van der Waals surface area contributed by atoms with Gasteiger partial charge < -0.3 is 15.5 Å². The third-order valence-electron chi connectivity index (χ3n) is 2.75. The Balaban J connectivity index is 2.56. The number of nitrogens with zero attached hydrogens (tertiary/aromatic N) is 2. The lowest BCUT2D eigenvalue weighted by Crippen LogP contribution is -2.55. The van der Waals surface area contributed by atoms with Crippen LogP contribution in [0.25, 0.3) is 0 Å². The molecule has 98 valence electrons. The molecule has 2 amide bonds. The fourth-order valence-electron chi connectivity index (χ4n) is 1.82. The number of aliphatic hydroxyl groups excluding tert-OH is 2. The number of alkyl halides is 1. The van der Waals surface area contributed by atoms with Gasteiger partial charge in [0, 0.05) is 5.88 Å². The monoisotopic (exact) mass is 265 g/mol. The van der Waals surface area contributed by atoms with E-state index in [0.29, 0.717) is 24.3 Å². The normalized spacial score (nSPS) is 25.4. The van der Waals surface area contributed by atoms with Gasteiger partial charge in [0.2, 0.25) is 0 Å². The van der Waals surface area contributed by atoms with Crippen molar-refractivity contribution in [2.45, 2.75) is 37.5 Å². The summed E-state index contributed by atoms with van der Waals surface area (Å²) in [6.07, 6.45) is 0.0868. The van der Waals surface area contributed by atoms with Gasteiger partial charge in [-0.1, -0.05) is 0 Å². The van der Waals surface area contributed by atoms with Crippen molar-refractivity contribution in [3.63, 3.8) is 0 Å². The summed E-state index contributed by atoms with van der Waals surface area (Å²) in [5, 5.41) is 24.8. The van der Waals surface area contributed by atoms with Crippen LogP contribution in [-0.2, 0) is 0 Å². The Labute approximate surface area is 104 Å². The molecule has 0 aromatic heterocycles. The standard InChI is InChI=1S/C9H16ClN3O4/c10-4-5-13(12-17)9(16)11-8-6(14)2-1-3-7(8)15/h6-8,14-15H,1-5H2,(H,11,16)/t6-,7-/m0/s1. The molecule has 7 nitrogen and oxygen atoms in total. The maximum absolute atomic E-state index is 11.6. The summed E-state index contributed by atoms with van der Waals surface area (Å²) in [6, 6.07) is -1.53. The Kier molecular flexibility index (Phi) is 5.60. The topological polar surface area (TPSA) is 102 Å². The van der Waals surface area contributed by atoms with E-state index in [0.717, 1.165) is 0 Å². The molecule has 0 unspecified atom stereocenters. The van der Waals surface area contributed by atoms with E-state index in [2.05, 4.69) is 10.6 Å². The van der Waals surface area contributed by atoms with Crippen molar-refractivity contribution >= 4 is 17.6 Å². The van der Waals surface area contributed by atoms with Crippen LogP contribution in [0.15, 0.2) is 5.29 Å². The van der Waals surface area contributed by atoms with Gasteiger partial charge in [-0.2, -0.15) is 5.01 Å². The molecule has 1 rings (SSSR count). The van der Waals surface area contributed by atoms with Crippen molar-refractivity contribution in [2.24, 2.45) is 5.29 Å². The van der Waals surface area contributed by atoms with Crippen molar-refractivity contribution in [1.29, 1.82) is 0 Å². The highest BCUT2D eigenvalue weighted by molar-refractivity contribution is 6.18. The van der Waals surface area contributed by atoms with Gasteiger partial charge in [0.1, 0.15) is 0 Å². The number of nitrogens with one attached hydrogen (secondary N) is 1. The summed E-state index contributed by atoms with van der Waals surface area (Å²) in [4.78, 5) is 21.9. The molecule has 0 radical (unpaired) electrons. The lowest BCUT2D eigenvalue weighted by Gasteiger charge is -2.33. The summed E-state index contributed by atoms with van der Waals surface area (Å²) in [6.45, 7) is -0.0181. The highest BCUT2D eigenvalue weighted by Gasteiger charge is 2.33. The number of urea groups is 1. The second-order valence-electron chi connectivity index (χ2n) is 3.93. The van der Waals surface area contributed by atoms with Crippen molar-refractivity contribution in [3.05, 3.63) is 4.91 Å². The molecule has 1 aliphatic rings. The molecule has 17 heavy (non-hydrogen) atoms. The van der Waals surface area contributed by atoms with Crippen LogP contribution in [0.2, 0.25) is 0 Å². The van der Waals surface area contributed by atoms with E-state index in [-0.39, 0.29) is 12.4 Å². The van der Waals surface area contributed by atoms with Crippen LogP contribution in [0.1, 0.15) is 19.3 Å². The number of halogens is 1. The Hall–Kier alpha value is -0.920. The molecule has 0 heterocycles. The maximum Gasteiger partial charge on any atom is 0.340 e. The van der Waals surface area contributed by atoms with Gasteiger partial charge in [0.15, 0.2) is 0 Å². The van der Waals surface area contributed by atoms with E-state index in [9.17, 15) is 19.9 Å². The summed E-state index contributed by atoms with van der Waals surface area (Å²) in [5.74, 6) is 0.0783. The second-order valence-corrected chi connectivity index (χ2v) is 4.31. The predicted molar refractivity (Wildman–Crippen MR) is 61.4 cm³/mol. The van der Waals surface area contributed by atoms with Crippen LogP contribution in [0.4, 0.5) is 4.79 Å². The number of nitroso groups, excluding NO2 is 1. The van der Waals surface area contributed by atoms with E-state index in [1.807, 2.05) is 0 Å². The average molecular weight is 266 g/mol. The Morgan fingerprint density at radius 1 is 1.41 bits per heavy atom. The van der Waals surface area contributed by atoms with Crippen molar-refractivity contribution in [3.8, 4) is 0 Å². The predicted octanol–water partition coefficient (Wildman–Crippen LogP) is 0.192. The highest BCUT2D eigenvalue weighted by atomic mass is 35.5. The average Bonchev–Trinajstić information content (AvgIpc) is 2.30. The first kappa shape index (κ1) is 14.1. The quantitative estimate of drug-likeness (QED) is 0.384. The Bertz CT molecular complexity index is 269. The number of aliphatic hydroxyl groups is 2. The lowest BCUT2D eigenvalue weighted by atomic mass is 9.90. The van der Waals surface area contributed by atoms with Crippen LogP contribution in [-0.4, -0.2) is 51.9 Å². The van der Waals surface area contributed by atoms with Gasteiger partial charge in [-0.25, -0.2) is 4.79 Å². The zero-order chi connectivity index (χ0) is 12.8. The van der Waals surface area contributed by atoms with Gasteiger partial charge in [-0.3, -0.25) is 0 Å². The summed E-state index contributed by atoms with van der Waals surface area (Å²) < 4.78 is 0. The molecule has 0 aromatic rings. The van der Waals surface area contributed by atoms with Crippen LogP contribution in [0.5, 0.6) is 0 Å². The van der Waals surface area contributed by atoms with E-state index < -0.39 is 24.3 Å². The third kappa shape index (κ3) is 3.79. The molecule has 0 bridgehead atoms. The van der Waals surface area contributed by atoms with E-state index in [1.165, 1.54) is 0 Å². The zero-order valence-electron chi connectivity index (χ0n) is 9.25. The number of rotatable bonds is 4. The van der Waals surface area contributed by atoms with E-state index >= 15 is 0 Å². The van der Waals surface area contributed by atoms with Gasteiger partial charge in [0.25, 0.3) is 0 Å². The van der Waals surface area contributed by atoms with Gasteiger partial charge in [0.05, 0.1) is 30.1 Å². The molecule has 3 N–H and O–H groups in total. The largest absolute Gasteiger partial charge is 0.391 e. The van der Waals surface area contributed by atoms with Crippen LogP contribution < -0.4 is 5.32 Å². The minimum atomic E-state index is -0.813. The SMILES string of the molecule is O=NN(CCCl)C(=O)NC1[C@@H](O)CCC[C@@H]1O. The minimum Gasteiger partial charge on any atom is -0.391 e. The van der Waals surface area contributed by atoms with Gasteiger partial charge in [-0.05, 0) is 19.3 Å². The first-order valence-electron chi connectivity index (χ1n) is 5.43. The van der Waals surface area contributed by atoms with Crippen LogP contribution >= 0.6 is 11.6 Å². The summed E-state index contributed by atoms with van der Waals surface area (Å²) in [5.41, 5.74) is 0. The Morgan fingerprint density at radius 3 is 2.47 bits per heavy atom. The number of hydrogen-bond acceptors (Lipinski definition) is 5. The van der Waals surface area contributed by atoms with E-state index in [4.69, 9.17) is 11.6 Å². The first-order chi connectivity index (χ1) is 8.10. The molecule has 1 saturated carbocycles. The zero-order valence-corrected chi connectivity index (χ0v) is 10.0. The second kappa shape index (κ2) is 6.73. The molecule has 0 spiro atoms. The molecular formula is C9H16ClN3O4. The number of carbonyl (C=O) groups excluding carboxylic acids is 1. The number of amides is 2. The molecule has 0 saturated heterocycles. The van der Waals surface area contributed by atoms with Gasteiger partial charge in [-0.15, -0.1) is 16.5 Å². The van der Waals surface area contributed by atoms with Gasteiger partial charge >= 0.3 is 6.03 Å². The van der Waals surface area contributed by atoms with Crippen LogP contribution in [0.3, 0.4) is 0 Å². The Morgan fingerprint density at radius 2 is 2.00 bits per heavy atom. The smallest absolute Gasteiger partial charge is 0.340 e.